The second kappa shape index (κ2) is 6.75. The van der Waals surface area contributed by atoms with Crippen molar-refractivity contribution in [3.8, 4) is 0 Å². The fourth-order valence-electron chi connectivity index (χ4n) is 1.85. The molecule has 2 aromatic carbocycles. The van der Waals surface area contributed by atoms with Gasteiger partial charge in [0, 0.05) is 5.56 Å². The number of carbonyl (C=O) groups excluding carboxylic acids is 1. The summed E-state index contributed by atoms with van der Waals surface area (Å²) in [6, 6.07) is 17.1. The van der Waals surface area contributed by atoms with Gasteiger partial charge in [-0.1, -0.05) is 42.5 Å². The van der Waals surface area contributed by atoms with Crippen LogP contribution in [0.15, 0.2) is 54.6 Å². The van der Waals surface area contributed by atoms with E-state index in [1.165, 1.54) is 0 Å². The second-order valence-corrected chi connectivity index (χ2v) is 4.81. The van der Waals surface area contributed by atoms with Crippen LogP contribution in [0.25, 0.3) is 11.0 Å². The van der Waals surface area contributed by atoms with Crippen LogP contribution < -0.4 is 0 Å². The van der Waals surface area contributed by atoms with Crippen LogP contribution in [-0.4, -0.2) is 15.8 Å². The minimum atomic E-state index is 0.121. The van der Waals surface area contributed by atoms with Crippen molar-refractivity contribution in [1.29, 1.82) is 0 Å². The van der Waals surface area contributed by atoms with Crippen molar-refractivity contribution in [3.63, 3.8) is 0 Å². The Morgan fingerprint density at radius 2 is 1.19 bits per heavy atom. The molecule has 0 bridgehead atoms. The average molecular weight is 278 g/mol. The van der Waals surface area contributed by atoms with Crippen LogP contribution in [0.1, 0.15) is 28.7 Å². The standard InChI is InChI=1S/C10H10N2.C8H8O/c1-7-8(2)12-10-6-4-3-5-9(10)11-7;1-7(9)8-5-3-2-4-6-8/h3-6H,1-2H3;2-6H,1H3. The molecule has 3 nitrogen and oxygen atoms in total. The third-order valence-electron chi connectivity index (χ3n) is 3.16. The summed E-state index contributed by atoms with van der Waals surface area (Å²) in [4.78, 5) is 19.5. The van der Waals surface area contributed by atoms with E-state index in [0.717, 1.165) is 28.0 Å². The van der Waals surface area contributed by atoms with Crippen molar-refractivity contribution in [1.82, 2.24) is 9.97 Å². The maximum atomic E-state index is 10.6. The minimum Gasteiger partial charge on any atom is -0.295 e. The van der Waals surface area contributed by atoms with E-state index in [1.54, 1.807) is 6.92 Å². The predicted molar refractivity (Wildman–Crippen MR) is 85.5 cm³/mol. The van der Waals surface area contributed by atoms with Gasteiger partial charge in [0.2, 0.25) is 0 Å². The molecule has 0 spiro atoms. The van der Waals surface area contributed by atoms with Crippen molar-refractivity contribution in [3.05, 3.63) is 71.5 Å². The quantitative estimate of drug-likeness (QED) is 0.628. The van der Waals surface area contributed by atoms with Gasteiger partial charge >= 0.3 is 0 Å². The molecule has 0 saturated heterocycles. The number of nitrogens with zero attached hydrogens (tertiary/aromatic N) is 2. The second-order valence-electron chi connectivity index (χ2n) is 4.81. The summed E-state index contributed by atoms with van der Waals surface area (Å²) < 4.78 is 0. The predicted octanol–water partition coefficient (Wildman–Crippen LogP) is 4.14. The van der Waals surface area contributed by atoms with Crippen LogP contribution in [0.4, 0.5) is 0 Å². The van der Waals surface area contributed by atoms with Crippen molar-refractivity contribution in [2.45, 2.75) is 20.8 Å². The molecule has 0 aliphatic heterocycles. The number of rotatable bonds is 1. The van der Waals surface area contributed by atoms with Crippen LogP contribution >= 0.6 is 0 Å². The average Bonchev–Trinajstić information content (AvgIpc) is 2.50. The maximum Gasteiger partial charge on any atom is 0.159 e. The van der Waals surface area contributed by atoms with E-state index in [2.05, 4.69) is 9.97 Å². The summed E-state index contributed by atoms with van der Waals surface area (Å²) in [7, 11) is 0. The normalized spacial score (nSPS) is 9.86. The zero-order chi connectivity index (χ0) is 15.2. The minimum absolute atomic E-state index is 0.121. The number of benzene rings is 2. The molecule has 3 heteroatoms. The first-order valence-electron chi connectivity index (χ1n) is 6.84. The highest BCUT2D eigenvalue weighted by Gasteiger charge is 1.98. The molecule has 1 aromatic heterocycles. The molecule has 0 saturated carbocycles. The number of hydrogen-bond donors (Lipinski definition) is 0. The van der Waals surface area contributed by atoms with Gasteiger partial charge in [-0.05, 0) is 32.9 Å². The van der Waals surface area contributed by atoms with Gasteiger partial charge in [-0.2, -0.15) is 0 Å². The van der Waals surface area contributed by atoms with E-state index < -0.39 is 0 Å². The van der Waals surface area contributed by atoms with Crippen LogP contribution in [-0.2, 0) is 0 Å². The number of para-hydroxylation sites is 2. The number of carbonyl (C=O) groups is 1. The number of ketones is 1. The van der Waals surface area contributed by atoms with Crippen LogP contribution in [0.3, 0.4) is 0 Å². The molecule has 0 amide bonds. The first-order chi connectivity index (χ1) is 10.1. The molecular weight excluding hydrogens is 260 g/mol. The van der Waals surface area contributed by atoms with Gasteiger partial charge in [-0.25, -0.2) is 9.97 Å². The zero-order valence-corrected chi connectivity index (χ0v) is 12.5. The van der Waals surface area contributed by atoms with Crippen LogP contribution in [0, 0.1) is 13.8 Å². The van der Waals surface area contributed by atoms with Gasteiger partial charge in [0.05, 0.1) is 22.4 Å². The summed E-state index contributed by atoms with van der Waals surface area (Å²) >= 11 is 0. The molecule has 3 aromatic rings. The molecule has 0 N–H and O–H groups in total. The molecule has 0 unspecified atom stereocenters. The highest BCUT2D eigenvalue weighted by atomic mass is 16.1. The molecule has 0 fully saturated rings. The lowest BCUT2D eigenvalue weighted by atomic mass is 10.2. The smallest absolute Gasteiger partial charge is 0.159 e. The van der Waals surface area contributed by atoms with Gasteiger partial charge in [0.1, 0.15) is 0 Å². The molecule has 21 heavy (non-hydrogen) atoms. The van der Waals surface area contributed by atoms with E-state index in [-0.39, 0.29) is 5.78 Å². The lowest BCUT2D eigenvalue weighted by Gasteiger charge is -2.00. The summed E-state index contributed by atoms with van der Waals surface area (Å²) in [5, 5.41) is 0. The first kappa shape index (κ1) is 14.9. The molecule has 3 rings (SSSR count). The zero-order valence-electron chi connectivity index (χ0n) is 12.5. The van der Waals surface area contributed by atoms with Gasteiger partial charge in [-0.15, -0.1) is 0 Å². The van der Waals surface area contributed by atoms with E-state index >= 15 is 0 Å². The number of Topliss-reactive ketones (excluding diaryl/α,β-unsaturated/α-hetero) is 1. The fourth-order valence-corrected chi connectivity index (χ4v) is 1.85. The molecule has 1 heterocycles. The Bertz CT molecular complexity index is 711. The van der Waals surface area contributed by atoms with Crippen molar-refractivity contribution >= 4 is 16.8 Å². The summed E-state index contributed by atoms with van der Waals surface area (Å²) in [5.74, 6) is 0.121. The highest BCUT2D eigenvalue weighted by Crippen LogP contribution is 2.10. The lowest BCUT2D eigenvalue weighted by Crippen LogP contribution is -1.92. The Hall–Kier alpha value is -2.55. The Labute approximate surface area is 124 Å². The van der Waals surface area contributed by atoms with Crippen LogP contribution in [0.5, 0.6) is 0 Å². The van der Waals surface area contributed by atoms with Gasteiger partial charge in [-0.3, -0.25) is 4.79 Å². The van der Waals surface area contributed by atoms with E-state index in [1.807, 2.05) is 68.4 Å². The molecule has 0 radical (unpaired) electrons. The SMILES string of the molecule is CC(=O)c1ccccc1.Cc1nc2ccccc2nc1C. The van der Waals surface area contributed by atoms with Crippen molar-refractivity contribution < 1.29 is 4.79 Å². The topological polar surface area (TPSA) is 42.9 Å². The Kier molecular flexibility index (Phi) is 4.77. The molecule has 0 aliphatic rings. The highest BCUT2D eigenvalue weighted by molar-refractivity contribution is 5.93. The van der Waals surface area contributed by atoms with Gasteiger partial charge in [0.25, 0.3) is 0 Å². The number of aromatic nitrogens is 2. The van der Waals surface area contributed by atoms with Crippen LogP contribution in [0.2, 0.25) is 0 Å². The third kappa shape index (κ3) is 3.96. The van der Waals surface area contributed by atoms with E-state index in [9.17, 15) is 4.79 Å². The summed E-state index contributed by atoms with van der Waals surface area (Å²) in [5.41, 5.74) is 4.74. The van der Waals surface area contributed by atoms with Gasteiger partial charge < -0.3 is 0 Å². The largest absolute Gasteiger partial charge is 0.295 e. The number of hydrogen-bond acceptors (Lipinski definition) is 3. The van der Waals surface area contributed by atoms with E-state index in [4.69, 9.17) is 0 Å². The Morgan fingerprint density at radius 3 is 1.57 bits per heavy atom. The van der Waals surface area contributed by atoms with Crippen molar-refractivity contribution in [2.75, 3.05) is 0 Å². The third-order valence-corrected chi connectivity index (χ3v) is 3.16. The maximum absolute atomic E-state index is 10.6. The summed E-state index contributed by atoms with van der Waals surface area (Å²) in [6.45, 7) is 5.53. The lowest BCUT2D eigenvalue weighted by molar-refractivity contribution is 0.101. The molecular formula is C18H18N2O. The Morgan fingerprint density at radius 1 is 0.762 bits per heavy atom. The number of aryl methyl sites for hydroxylation is 2. The summed E-state index contributed by atoms with van der Waals surface area (Å²) in [6.07, 6.45) is 0. The monoisotopic (exact) mass is 278 g/mol. The Balaban J connectivity index is 0.000000161. The number of fused-ring (bicyclic) bond motifs is 1. The van der Waals surface area contributed by atoms with Crippen molar-refractivity contribution in [2.24, 2.45) is 0 Å². The fraction of sp³-hybridized carbons (Fsp3) is 0.167. The molecule has 0 aliphatic carbocycles. The molecule has 0 atom stereocenters. The van der Waals surface area contributed by atoms with E-state index in [0.29, 0.717) is 0 Å². The van der Waals surface area contributed by atoms with Gasteiger partial charge in [0.15, 0.2) is 5.78 Å². The first-order valence-corrected chi connectivity index (χ1v) is 6.84. The molecule has 106 valence electrons.